The van der Waals surface area contributed by atoms with Crippen molar-refractivity contribution >= 4 is 56.2 Å². The summed E-state index contributed by atoms with van der Waals surface area (Å²) in [7, 11) is -2.45. The zero-order valence-corrected chi connectivity index (χ0v) is 18.1. The van der Waals surface area contributed by atoms with Crippen molar-refractivity contribution < 1.29 is 18.0 Å². The third kappa shape index (κ3) is 6.30. The molecule has 0 unspecified atom stereocenters. The summed E-state index contributed by atoms with van der Waals surface area (Å²) in [6.45, 7) is 3.58. The van der Waals surface area contributed by atoms with E-state index in [-0.39, 0.29) is 22.6 Å². The summed E-state index contributed by atoms with van der Waals surface area (Å²) < 4.78 is 26.2. The predicted molar refractivity (Wildman–Crippen MR) is 112 cm³/mol. The molecule has 0 aliphatic carbocycles. The van der Waals surface area contributed by atoms with Gasteiger partial charge in [-0.1, -0.05) is 25.4 Å². The Morgan fingerprint density at radius 2 is 1.57 bits per heavy atom. The maximum absolute atomic E-state index is 12.4. The molecule has 0 atom stereocenters. The van der Waals surface area contributed by atoms with Gasteiger partial charge in [-0.2, -0.15) is 4.31 Å². The maximum Gasteiger partial charge on any atom is 0.252 e. The van der Waals surface area contributed by atoms with E-state index in [4.69, 9.17) is 11.6 Å². The van der Waals surface area contributed by atoms with E-state index in [1.807, 2.05) is 13.8 Å². The van der Waals surface area contributed by atoms with Gasteiger partial charge in [0.2, 0.25) is 11.8 Å². The molecule has 28 heavy (non-hydrogen) atoms. The molecule has 2 rings (SSSR count). The van der Waals surface area contributed by atoms with Gasteiger partial charge in [-0.05, 0) is 42.3 Å². The van der Waals surface area contributed by atoms with Crippen LogP contribution in [0.2, 0.25) is 4.34 Å². The van der Waals surface area contributed by atoms with Gasteiger partial charge in [-0.25, -0.2) is 8.42 Å². The third-order valence-corrected chi connectivity index (χ3v) is 7.13. The van der Waals surface area contributed by atoms with Crippen LogP contribution in [0.15, 0.2) is 40.6 Å². The first-order valence-corrected chi connectivity index (χ1v) is 11.1. The molecular formula is C18H22ClN3O4S2. The van der Waals surface area contributed by atoms with Crippen molar-refractivity contribution in [3.8, 4) is 0 Å². The van der Waals surface area contributed by atoms with Crippen molar-refractivity contribution in [3.05, 3.63) is 40.7 Å². The van der Waals surface area contributed by atoms with Crippen LogP contribution in [-0.2, 0) is 19.6 Å². The van der Waals surface area contributed by atoms with E-state index in [2.05, 4.69) is 10.6 Å². The number of nitrogens with one attached hydrogen (secondary N) is 2. The Hall–Kier alpha value is -1.94. The highest BCUT2D eigenvalue weighted by atomic mass is 35.5. The summed E-state index contributed by atoms with van der Waals surface area (Å²) in [5.41, 5.74) is 1.12. The lowest BCUT2D eigenvalue weighted by Gasteiger charge is -2.16. The van der Waals surface area contributed by atoms with Gasteiger partial charge in [0.25, 0.3) is 10.0 Å². The number of halogens is 1. The fraction of sp³-hybridized carbons (Fsp3) is 0.333. The van der Waals surface area contributed by atoms with Crippen molar-refractivity contribution in [3.63, 3.8) is 0 Å². The van der Waals surface area contributed by atoms with Crippen LogP contribution in [0.1, 0.15) is 20.3 Å². The van der Waals surface area contributed by atoms with Crippen molar-refractivity contribution in [2.75, 3.05) is 24.2 Å². The number of anilines is 2. The minimum Gasteiger partial charge on any atom is -0.326 e. The van der Waals surface area contributed by atoms with Crippen LogP contribution in [0.5, 0.6) is 0 Å². The standard InChI is InChI=1S/C18H22ClN3O4S2/c1-12(2)10-16(23)20-13-4-6-14(7-5-13)21-17(24)11-22(3)28(25,26)18-9-8-15(19)27-18/h4-9,12H,10-11H2,1-3H3,(H,20,23)(H,21,24). The Balaban J connectivity index is 1.93. The number of benzene rings is 1. The lowest BCUT2D eigenvalue weighted by atomic mass is 10.1. The number of hydrogen-bond acceptors (Lipinski definition) is 5. The lowest BCUT2D eigenvalue weighted by Crippen LogP contribution is -2.34. The molecule has 152 valence electrons. The molecule has 2 aromatic rings. The molecule has 1 aromatic carbocycles. The maximum atomic E-state index is 12.4. The molecule has 1 heterocycles. The minimum atomic E-state index is -3.78. The van der Waals surface area contributed by atoms with Crippen molar-refractivity contribution in [1.29, 1.82) is 0 Å². The molecule has 2 amide bonds. The molecule has 0 bridgehead atoms. The lowest BCUT2D eigenvalue weighted by molar-refractivity contribution is -0.117. The van der Waals surface area contributed by atoms with Gasteiger partial charge in [-0.3, -0.25) is 9.59 Å². The van der Waals surface area contributed by atoms with Crippen LogP contribution in [0.4, 0.5) is 11.4 Å². The fourth-order valence-electron chi connectivity index (χ4n) is 2.30. The first kappa shape index (κ1) is 22.4. The van der Waals surface area contributed by atoms with Gasteiger partial charge in [0.1, 0.15) is 4.21 Å². The molecule has 0 aliphatic heterocycles. The Kier molecular flexibility index (Phi) is 7.59. The topological polar surface area (TPSA) is 95.6 Å². The smallest absolute Gasteiger partial charge is 0.252 e. The highest BCUT2D eigenvalue weighted by Gasteiger charge is 2.24. The van der Waals surface area contributed by atoms with Crippen LogP contribution < -0.4 is 10.6 Å². The van der Waals surface area contributed by atoms with Gasteiger partial charge in [0, 0.05) is 24.8 Å². The molecule has 7 nitrogen and oxygen atoms in total. The number of sulfonamides is 1. The Morgan fingerprint density at radius 3 is 2.04 bits per heavy atom. The van der Waals surface area contributed by atoms with Gasteiger partial charge in [-0.15, -0.1) is 11.3 Å². The second-order valence-corrected chi connectivity index (χ2v) is 10.6. The van der Waals surface area contributed by atoms with Crippen molar-refractivity contribution in [2.45, 2.75) is 24.5 Å². The number of rotatable bonds is 8. The molecule has 0 fully saturated rings. The minimum absolute atomic E-state index is 0.0766. The molecular weight excluding hydrogens is 422 g/mol. The molecule has 0 spiro atoms. The van der Waals surface area contributed by atoms with E-state index in [9.17, 15) is 18.0 Å². The first-order chi connectivity index (χ1) is 13.1. The van der Waals surface area contributed by atoms with E-state index in [1.165, 1.54) is 19.2 Å². The van der Waals surface area contributed by atoms with Crippen LogP contribution in [0, 0.1) is 5.92 Å². The van der Waals surface area contributed by atoms with Crippen LogP contribution in [0.25, 0.3) is 0 Å². The molecule has 0 saturated heterocycles. The molecule has 0 aliphatic rings. The SMILES string of the molecule is CC(C)CC(=O)Nc1ccc(NC(=O)CN(C)S(=O)(=O)c2ccc(Cl)s2)cc1. The molecule has 0 radical (unpaired) electrons. The summed E-state index contributed by atoms with van der Waals surface area (Å²) in [5, 5.41) is 5.41. The van der Waals surface area contributed by atoms with E-state index >= 15 is 0 Å². The summed E-state index contributed by atoms with van der Waals surface area (Å²) in [5.74, 6) is -0.297. The van der Waals surface area contributed by atoms with Gasteiger partial charge >= 0.3 is 0 Å². The quantitative estimate of drug-likeness (QED) is 0.650. The van der Waals surface area contributed by atoms with Crippen LogP contribution in [0.3, 0.4) is 0 Å². The number of thiophene rings is 1. The van der Waals surface area contributed by atoms with Gasteiger partial charge in [0.05, 0.1) is 10.9 Å². The molecule has 0 saturated carbocycles. The molecule has 10 heteroatoms. The average molecular weight is 444 g/mol. The summed E-state index contributed by atoms with van der Waals surface area (Å²) in [6.07, 6.45) is 0.425. The Morgan fingerprint density at radius 1 is 1.04 bits per heavy atom. The van der Waals surface area contributed by atoms with E-state index < -0.39 is 15.9 Å². The number of hydrogen-bond donors (Lipinski definition) is 2. The summed E-state index contributed by atoms with van der Waals surface area (Å²) >= 11 is 6.72. The van der Waals surface area contributed by atoms with Crippen molar-refractivity contribution in [1.82, 2.24) is 4.31 Å². The molecule has 2 N–H and O–H groups in total. The number of amides is 2. The first-order valence-electron chi connectivity index (χ1n) is 8.49. The normalized spacial score (nSPS) is 11.6. The van der Waals surface area contributed by atoms with Crippen molar-refractivity contribution in [2.24, 2.45) is 5.92 Å². The van der Waals surface area contributed by atoms with Gasteiger partial charge in [0.15, 0.2) is 0 Å². The van der Waals surface area contributed by atoms with Gasteiger partial charge < -0.3 is 10.6 Å². The number of carbonyl (C=O) groups excluding carboxylic acids is 2. The van der Waals surface area contributed by atoms with E-state index in [0.717, 1.165) is 15.6 Å². The monoisotopic (exact) mass is 443 g/mol. The highest BCUT2D eigenvalue weighted by molar-refractivity contribution is 7.91. The summed E-state index contributed by atoms with van der Waals surface area (Å²) in [4.78, 5) is 23.9. The van der Waals surface area contributed by atoms with Crippen LogP contribution in [-0.4, -0.2) is 38.1 Å². The van der Waals surface area contributed by atoms with E-state index in [0.29, 0.717) is 22.1 Å². The second kappa shape index (κ2) is 9.51. The second-order valence-electron chi connectivity index (χ2n) is 6.59. The largest absolute Gasteiger partial charge is 0.326 e. The van der Waals surface area contributed by atoms with E-state index in [1.54, 1.807) is 24.3 Å². The third-order valence-electron chi connectivity index (χ3n) is 3.63. The zero-order valence-electron chi connectivity index (χ0n) is 15.7. The Bertz CT molecular complexity index is 940. The molecule has 1 aromatic heterocycles. The highest BCUT2D eigenvalue weighted by Crippen LogP contribution is 2.27. The number of nitrogens with zero attached hydrogens (tertiary/aromatic N) is 1. The fourth-order valence-corrected chi connectivity index (χ4v) is 5.12. The Labute approximate surface area is 173 Å². The number of carbonyl (C=O) groups is 2. The summed E-state index contributed by atoms with van der Waals surface area (Å²) in [6, 6.07) is 9.51. The zero-order chi connectivity index (χ0) is 20.9. The predicted octanol–water partition coefficient (Wildman–Crippen LogP) is 3.65. The van der Waals surface area contributed by atoms with Crippen LogP contribution >= 0.6 is 22.9 Å². The average Bonchev–Trinajstić information content (AvgIpc) is 3.03. The number of likely N-dealkylation sites (N-methyl/N-ethyl adjacent to an activating group) is 1.